The molecule has 1 aromatic rings. The van der Waals surface area contributed by atoms with Crippen molar-refractivity contribution in [2.45, 2.75) is 45.1 Å². The Labute approximate surface area is 115 Å². The predicted molar refractivity (Wildman–Crippen MR) is 79.1 cm³/mol. The normalized spacial score (nSPS) is 19.8. The summed E-state index contributed by atoms with van der Waals surface area (Å²) < 4.78 is 0. The van der Waals surface area contributed by atoms with Gasteiger partial charge in [-0.25, -0.2) is 4.79 Å². The average Bonchev–Trinajstić information content (AvgIpc) is 2.66. The van der Waals surface area contributed by atoms with Crippen molar-refractivity contribution < 1.29 is 4.79 Å². The highest BCUT2D eigenvalue weighted by molar-refractivity contribution is 5.89. The fraction of sp³-hybridized carbons (Fsp3) is 0.533. The summed E-state index contributed by atoms with van der Waals surface area (Å²) in [5, 5.41) is 2.96. The van der Waals surface area contributed by atoms with Gasteiger partial charge in [0.2, 0.25) is 0 Å². The maximum atomic E-state index is 12.4. The number of carbonyl (C=O) groups excluding carboxylic acids is 1. The second kappa shape index (κ2) is 6.45. The van der Waals surface area contributed by atoms with E-state index in [0.717, 1.165) is 31.5 Å². The van der Waals surface area contributed by atoms with E-state index < -0.39 is 0 Å². The van der Waals surface area contributed by atoms with E-state index in [1.54, 1.807) is 12.1 Å². The van der Waals surface area contributed by atoms with Crippen LogP contribution in [0, 0.1) is 0 Å². The van der Waals surface area contributed by atoms with Crippen molar-refractivity contribution in [3.8, 4) is 0 Å². The molecule has 0 radical (unpaired) electrons. The number of benzene rings is 1. The Morgan fingerprint density at radius 2 is 2.05 bits per heavy atom. The van der Waals surface area contributed by atoms with Gasteiger partial charge in [0.05, 0.1) is 0 Å². The van der Waals surface area contributed by atoms with Crippen LogP contribution in [-0.4, -0.2) is 23.5 Å². The molecule has 1 saturated heterocycles. The van der Waals surface area contributed by atoms with Gasteiger partial charge in [0.25, 0.3) is 0 Å². The first kappa shape index (κ1) is 13.7. The molecule has 4 nitrogen and oxygen atoms in total. The van der Waals surface area contributed by atoms with Crippen LogP contribution in [0.2, 0.25) is 0 Å². The summed E-state index contributed by atoms with van der Waals surface area (Å²) >= 11 is 0. The number of likely N-dealkylation sites (tertiary alicyclic amines) is 1. The Morgan fingerprint density at radius 1 is 1.32 bits per heavy atom. The van der Waals surface area contributed by atoms with E-state index in [2.05, 4.69) is 12.2 Å². The molecule has 4 heteroatoms. The Morgan fingerprint density at radius 3 is 2.74 bits per heavy atom. The lowest BCUT2D eigenvalue weighted by Gasteiger charge is -2.29. The van der Waals surface area contributed by atoms with E-state index in [1.165, 1.54) is 12.8 Å². The zero-order chi connectivity index (χ0) is 13.7. The summed E-state index contributed by atoms with van der Waals surface area (Å²) in [5.74, 6) is 0. The van der Waals surface area contributed by atoms with Crippen molar-refractivity contribution in [2.75, 3.05) is 17.6 Å². The van der Waals surface area contributed by atoms with E-state index in [-0.39, 0.29) is 6.03 Å². The molecule has 0 bridgehead atoms. The number of hydrogen-bond donors (Lipinski definition) is 2. The highest BCUT2D eigenvalue weighted by Gasteiger charge is 2.23. The fourth-order valence-electron chi connectivity index (χ4n) is 2.63. The number of nitrogens with one attached hydrogen (secondary N) is 1. The van der Waals surface area contributed by atoms with Crippen LogP contribution < -0.4 is 11.1 Å². The SMILES string of the molecule is CCC1CCCCCN1C(=O)Nc1ccc(N)cc1. The number of nitrogens with zero attached hydrogens (tertiary/aromatic N) is 1. The van der Waals surface area contributed by atoms with Crippen LogP contribution in [0.4, 0.5) is 16.2 Å². The molecule has 0 saturated carbocycles. The highest BCUT2D eigenvalue weighted by Crippen LogP contribution is 2.20. The Bertz CT molecular complexity index is 416. The van der Waals surface area contributed by atoms with E-state index >= 15 is 0 Å². The van der Waals surface area contributed by atoms with Crippen molar-refractivity contribution >= 4 is 17.4 Å². The van der Waals surface area contributed by atoms with Gasteiger partial charge in [-0.05, 0) is 43.5 Å². The van der Waals surface area contributed by atoms with Gasteiger partial charge < -0.3 is 16.0 Å². The van der Waals surface area contributed by atoms with E-state index in [9.17, 15) is 4.79 Å². The second-order valence-electron chi connectivity index (χ2n) is 5.16. The minimum Gasteiger partial charge on any atom is -0.399 e. The van der Waals surface area contributed by atoms with E-state index in [4.69, 9.17) is 5.73 Å². The van der Waals surface area contributed by atoms with Crippen LogP contribution in [0.25, 0.3) is 0 Å². The number of carbonyl (C=O) groups is 1. The fourth-order valence-corrected chi connectivity index (χ4v) is 2.63. The van der Waals surface area contributed by atoms with Crippen molar-refractivity contribution in [3.05, 3.63) is 24.3 Å². The van der Waals surface area contributed by atoms with Gasteiger partial charge in [0, 0.05) is 24.0 Å². The molecule has 0 aromatic heterocycles. The molecule has 2 rings (SSSR count). The molecule has 1 fully saturated rings. The zero-order valence-electron chi connectivity index (χ0n) is 11.6. The summed E-state index contributed by atoms with van der Waals surface area (Å²) in [5.41, 5.74) is 7.15. The Hall–Kier alpha value is -1.71. The smallest absolute Gasteiger partial charge is 0.322 e. The molecular weight excluding hydrogens is 238 g/mol. The molecule has 104 valence electrons. The molecule has 1 aliphatic rings. The third kappa shape index (κ3) is 3.63. The Kier molecular flexibility index (Phi) is 4.66. The quantitative estimate of drug-likeness (QED) is 0.801. The number of anilines is 2. The predicted octanol–water partition coefficient (Wildman–Crippen LogP) is 3.46. The summed E-state index contributed by atoms with van der Waals surface area (Å²) in [6.07, 6.45) is 5.69. The first-order valence-electron chi connectivity index (χ1n) is 7.14. The first-order chi connectivity index (χ1) is 9.20. The molecule has 1 heterocycles. The van der Waals surface area contributed by atoms with Gasteiger partial charge in [-0.3, -0.25) is 0 Å². The van der Waals surface area contributed by atoms with Crippen LogP contribution in [0.15, 0.2) is 24.3 Å². The molecule has 0 spiro atoms. The third-order valence-corrected chi connectivity index (χ3v) is 3.77. The highest BCUT2D eigenvalue weighted by atomic mass is 16.2. The molecule has 1 aromatic carbocycles. The summed E-state index contributed by atoms with van der Waals surface area (Å²) in [4.78, 5) is 14.3. The number of nitrogen functional groups attached to an aromatic ring is 1. The van der Waals surface area contributed by atoms with E-state index in [1.807, 2.05) is 17.0 Å². The molecule has 1 aliphatic heterocycles. The first-order valence-corrected chi connectivity index (χ1v) is 7.14. The summed E-state index contributed by atoms with van der Waals surface area (Å²) in [6.45, 7) is 3.01. The average molecular weight is 261 g/mol. The van der Waals surface area contributed by atoms with E-state index in [0.29, 0.717) is 11.7 Å². The van der Waals surface area contributed by atoms with Gasteiger partial charge in [-0.15, -0.1) is 0 Å². The van der Waals surface area contributed by atoms with Gasteiger partial charge >= 0.3 is 6.03 Å². The van der Waals surface area contributed by atoms with Gasteiger partial charge in [0.1, 0.15) is 0 Å². The van der Waals surface area contributed by atoms with Gasteiger partial charge in [-0.2, -0.15) is 0 Å². The van der Waals surface area contributed by atoms with Gasteiger partial charge in [0.15, 0.2) is 0 Å². The number of rotatable bonds is 2. The van der Waals surface area contributed by atoms with Crippen molar-refractivity contribution in [3.63, 3.8) is 0 Å². The molecule has 0 aliphatic carbocycles. The van der Waals surface area contributed by atoms with Crippen molar-refractivity contribution in [2.24, 2.45) is 0 Å². The summed E-state index contributed by atoms with van der Waals surface area (Å²) in [7, 11) is 0. The lowest BCUT2D eigenvalue weighted by atomic mass is 10.1. The molecule has 3 N–H and O–H groups in total. The van der Waals surface area contributed by atoms with Crippen LogP contribution in [-0.2, 0) is 0 Å². The number of amides is 2. The lowest BCUT2D eigenvalue weighted by Crippen LogP contribution is -2.42. The molecule has 19 heavy (non-hydrogen) atoms. The van der Waals surface area contributed by atoms with Crippen LogP contribution in [0.1, 0.15) is 39.0 Å². The Balaban J connectivity index is 2.02. The zero-order valence-corrected chi connectivity index (χ0v) is 11.6. The van der Waals surface area contributed by atoms with Crippen LogP contribution in [0.5, 0.6) is 0 Å². The topological polar surface area (TPSA) is 58.4 Å². The largest absolute Gasteiger partial charge is 0.399 e. The van der Waals surface area contributed by atoms with Crippen LogP contribution in [0.3, 0.4) is 0 Å². The maximum Gasteiger partial charge on any atom is 0.322 e. The van der Waals surface area contributed by atoms with Crippen LogP contribution >= 0.6 is 0 Å². The minimum absolute atomic E-state index is 0.0125. The van der Waals surface area contributed by atoms with Gasteiger partial charge in [-0.1, -0.05) is 19.8 Å². The standard InChI is InChI=1S/C15H23N3O/c1-2-14-6-4-3-5-11-18(14)15(19)17-13-9-7-12(16)8-10-13/h7-10,14H,2-6,11,16H2,1H3,(H,17,19). The molecule has 2 amide bonds. The number of nitrogens with two attached hydrogens (primary N) is 1. The van der Waals surface area contributed by atoms with Crippen molar-refractivity contribution in [1.29, 1.82) is 0 Å². The molecule has 1 atom stereocenters. The third-order valence-electron chi connectivity index (χ3n) is 3.77. The lowest BCUT2D eigenvalue weighted by molar-refractivity contribution is 0.187. The minimum atomic E-state index is 0.0125. The summed E-state index contributed by atoms with van der Waals surface area (Å²) in [6, 6.07) is 7.66. The number of hydrogen-bond acceptors (Lipinski definition) is 2. The maximum absolute atomic E-state index is 12.4. The second-order valence-corrected chi connectivity index (χ2v) is 5.16. The van der Waals surface area contributed by atoms with Crippen molar-refractivity contribution in [1.82, 2.24) is 4.90 Å². The number of urea groups is 1. The molecular formula is C15H23N3O. The molecule has 1 unspecified atom stereocenters. The monoisotopic (exact) mass is 261 g/mol.